The van der Waals surface area contributed by atoms with Gasteiger partial charge in [0.1, 0.15) is 0 Å². The van der Waals surface area contributed by atoms with E-state index in [9.17, 15) is 8.42 Å². The predicted molar refractivity (Wildman–Crippen MR) is 77.7 cm³/mol. The van der Waals surface area contributed by atoms with Crippen molar-refractivity contribution in [3.05, 3.63) is 21.4 Å². The first-order valence-corrected chi connectivity index (χ1v) is 8.60. The molecule has 18 heavy (non-hydrogen) atoms. The van der Waals surface area contributed by atoms with E-state index in [4.69, 9.17) is 0 Å². The Morgan fingerprint density at radius 3 is 2.50 bits per heavy atom. The number of nitrogens with one attached hydrogen (secondary N) is 1. The lowest BCUT2D eigenvalue weighted by Crippen LogP contribution is -2.34. The molecule has 0 aliphatic rings. The van der Waals surface area contributed by atoms with Gasteiger partial charge in [-0.1, -0.05) is 0 Å². The van der Waals surface area contributed by atoms with Crippen molar-refractivity contribution in [1.82, 2.24) is 9.62 Å². The Labute approximate surface area is 114 Å². The van der Waals surface area contributed by atoms with Crippen molar-refractivity contribution in [1.29, 1.82) is 0 Å². The number of sulfonamides is 1. The second-order valence-electron chi connectivity index (χ2n) is 4.63. The van der Waals surface area contributed by atoms with Gasteiger partial charge < -0.3 is 5.32 Å². The fourth-order valence-corrected chi connectivity index (χ4v) is 3.24. The standard InChI is InChI=1S/C12H22N2O2S2/c1-9-8-12(11(3)17-9)10(2)13-6-7-14(4)18(5,15)16/h8,10,13H,6-7H2,1-5H3/t10-/m1/s1. The smallest absolute Gasteiger partial charge is 0.210 e. The van der Waals surface area contributed by atoms with E-state index in [1.165, 1.54) is 25.9 Å². The minimum absolute atomic E-state index is 0.253. The summed E-state index contributed by atoms with van der Waals surface area (Å²) in [6, 6.07) is 2.45. The van der Waals surface area contributed by atoms with Gasteiger partial charge in [0.25, 0.3) is 0 Å². The molecule has 0 saturated heterocycles. The van der Waals surface area contributed by atoms with E-state index in [-0.39, 0.29) is 6.04 Å². The molecule has 1 heterocycles. The van der Waals surface area contributed by atoms with Crippen molar-refractivity contribution in [3.8, 4) is 0 Å². The maximum Gasteiger partial charge on any atom is 0.210 e. The molecule has 0 amide bonds. The topological polar surface area (TPSA) is 49.4 Å². The van der Waals surface area contributed by atoms with Crippen molar-refractivity contribution in [2.75, 3.05) is 26.4 Å². The predicted octanol–water partition coefficient (Wildman–Crippen LogP) is 1.91. The van der Waals surface area contributed by atoms with Crippen molar-refractivity contribution >= 4 is 21.4 Å². The average molecular weight is 290 g/mol. The van der Waals surface area contributed by atoms with Crippen molar-refractivity contribution in [2.24, 2.45) is 0 Å². The minimum Gasteiger partial charge on any atom is -0.309 e. The van der Waals surface area contributed by atoms with Crippen LogP contribution in [0.3, 0.4) is 0 Å². The second kappa shape index (κ2) is 6.14. The lowest BCUT2D eigenvalue weighted by atomic mass is 10.1. The average Bonchev–Trinajstić information content (AvgIpc) is 2.56. The Kier molecular flexibility index (Phi) is 5.33. The zero-order valence-corrected chi connectivity index (χ0v) is 13.3. The fourth-order valence-electron chi connectivity index (χ4n) is 1.79. The van der Waals surface area contributed by atoms with Gasteiger partial charge in [0.15, 0.2) is 0 Å². The Morgan fingerprint density at radius 2 is 2.06 bits per heavy atom. The molecule has 0 unspecified atom stereocenters. The highest BCUT2D eigenvalue weighted by Crippen LogP contribution is 2.25. The highest BCUT2D eigenvalue weighted by atomic mass is 32.2. The maximum absolute atomic E-state index is 11.2. The van der Waals surface area contributed by atoms with Crippen LogP contribution >= 0.6 is 11.3 Å². The molecule has 0 saturated carbocycles. The minimum atomic E-state index is -3.07. The van der Waals surface area contributed by atoms with Gasteiger partial charge in [-0.3, -0.25) is 0 Å². The van der Waals surface area contributed by atoms with Crippen LogP contribution in [0.2, 0.25) is 0 Å². The Bertz CT molecular complexity index is 494. The molecule has 104 valence electrons. The molecule has 1 N–H and O–H groups in total. The van der Waals surface area contributed by atoms with Crippen LogP contribution < -0.4 is 5.32 Å². The largest absolute Gasteiger partial charge is 0.309 e. The molecular weight excluding hydrogens is 268 g/mol. The first kappa shape index (κ1) is 15.6. The van der Waals surface area contributed by atoms with Crippen molar-refractivity contribution < 1.29 is 8.42 Å². The molecule has 1 atom stereocenters. The van der Waals surface area contributed by atoms with E-state index in [1.54, 1.807) is 18.4 Å². The lowest BCUT2D eigenvalue weighted by Gasteiger charge is -2.17. The summed E-state index contributed by atoms with van der Waals surface area (Å²) in [6.07, 6.45) is 1.23. The summed E-state index contributed by atoms with van der Waals surface area (Å²) in [6.45, 7) is 7.47. The summed E-state index contributed by atoms with van der Waals surface area (Å²) in [5.41, 5.74) is 1.31. The number of likely N-dealkylation sites (N-methyl/N-ethyl adjacent to an activating group) is 1. The number of nitrogens with zero attached hydrogens (tertiary/aromatic N) is 1. The van der Waals surface area contributed by atoms with Crippen LogP contribution in [-0.4, -0.2) is 39.1 Å². The molecule has 0 aromatic carbocycles. The summed E-state index contributed by atoms with van der Waals surface area (Å²) in [5, 5.41) is 3.36. The van der Waals surface area contributed by atoms with Crippen LogP contribution in [0.15, 0.2) is 6.07 Å². The van der Waals surface area contributed by atoms with E-state index in [2.05, 4.69) is 32.2 Å². The van der Waals surface area contributed by atoms with Gasteiger partial charge in [-0.05, 0) is 32.4 Å². The highest BCUT2D eigenvalue weighted by molar-refractivity contribution is 7.88. The van der Waals surface area contributed by atoms with Crippen molar-refractivity contribution in [2.45, 2.75) is 26.8 Å². The quantitative estimate of drug-likeness (QED) is 0.870. The van der Waals surface area contributed by atoms with Crippen LogP contribution in [0.5, 0.6) is 0 Å². The number of aryl methyl sites for hydroxylation is 2. The molecule has 6 heteroatoms. The highest BCUT2D eigenvalue weighted by Gasteiger charge is 2.13. The van der Waals surface area contributed by atoms with Crippen LogP contribution in [0.1, 0.15) is 28.3 Å². The number of rotatable bonds is 6. The summed E-state index contributed by atoms with van der Waals surface area (Å²) >= 11 is 1.80. The molecule has 0 radical (unpaired) electrons. The number of hydrogen-bond acceptors (Lipinski definition) is 4. The molecule has 4 nitrogen and oxygen atoms in total. The van der Waals surface area contributed by atoms with Crippen LogP contribution in [0, 0.1) is 13.8 Å². The Hall–Kier alpha value is -0.430. The molecule has 0 aliphatic carbocycles. The molecule has 0 spiro atoms. The number of hydrogen-bond donors (Lipinski definition) is 1. The Balaban J connectivity index is 2.48. The maximum atomic E-state index is 11.2. The van der Waals surface area contributed by atoms with Crippen LogP contribution in [0.25, 0.3) is 0 Å². The summed E-state index contributed by atoms with van der Waals surface area (Å²) < 4.78 is 23.8. The second-order valence-corrected chi connectivity index (χ2v) is 8.18. The van der Waals surface area contributed by atoms with E-state index >= 15 is 0 Å². The number of thiophene rings is 1. The third-order valence-electron chi connectivity index (χ3n) is 2.99. The molecule has 1 rings (SSSR count). The molecule has 0 aliphatic heterocycles. The van der Waals surface area contributed by atoms with E-state index in [0.717, 1.165) is 0 Å². The van der Waals surface area contributed by atoms with Gasteiger partial charge in [0, 0.05) is 35.9 Å². The van der Waals surface area contributed by atoms with Crippen LogP contribution in [-0.2, 0) is 10.0 Å². The van der Waals surface area contributed by atoms with Crippen LogP contribution in [0.4, 0.5) is 0 Å². The zero-order chi connectivity index (χ0) is 13.9. The third kappa shape index (κ3) is 4.35. The summed E-state index contributed by atoms with van der Waals surface area (Å²) in [7, 11) is -1.48. The summed E-state index contributed by atoms with van der Waals surface area (Å²) in [5.74, 6) is 0. The first-order chi connectivity index (χ1) is 8.21. The normalized spacial score (nSPS) is 14.1. The first-order valence-electron chi connectivity index (χ1n) is 5.93. The summed E-state index contributed by atoms with van der Waals surface area (Å²) in [4.78, 5) is 2.63. The molecule has 1 aromatic rings. The van der Waals surface area contributed by atoms with Gasteiger partial charge in [0.05, 0.1) is 6.26 Å². The van der Waals surface area contributed by atoms with Gasteiger partial charge >= 0.3 is 0 Å². The third-order valence-corrected chi connectivity index (χ3v) is 5.29. The molecule has 0 bridgehead atoms. The molecular formula is C12H22N2O2S2. The van der Waals surface area contributed by atoms with Gasteiger partial charge in [-0.25, -0.2) is 12.7 Å². The Morgan fingerprint density at radius 1 is 1.44 bits per heavy atom. The van der Waals surface area contributed by atoms with E-state index in [1.807, 2.05) is 0 Å². The van der Waals surface area contributed by atoms with Gasteiger partial charge in [-0.2, -0.15) is 0 Å². The van der Waals surface area contributed by atoms with Crippen molar-refractivity contribution in [3.63, 3.8) is 0 Å². The van der Waals surface area contributed by atoms with E-state index < -0.39 is 10.0 Å². The van der Waals surface area contributed by atoms with E-state index in [0.29, 0.717) is 13.1 Å². The van der Waals surface area contributed by atoms with Gasteiger partial charge in [-0.15, -0.1) is 11.3 Å². The molecule has 0 fully saturated rings. The SMILES string of the molecule is Cc1cc([C@@H](C)NCCN(C)S(C)(=O)=O)c(C)s1. The monoisotopic (exact) mass is 290 g/mol. The lowest BCUT2D eigenvalue weighted by molar-refractivity contribution is 0.448. The fraction of sp³-hybridized carbons (Fsp3) is 0.667. The van der Waals surface area contributed by atoms with Gasteiger partial charge in [0.2, 0.25) is 10.0 Å². The zero-order valence-electron chi connectivity index (χ0n) is 11.6. The molecule has 1 aromatic heterocycles.